The third-order valence-corrected chi connectivity index (χ3v) is 4.31. The van der Waals surface area contributed by atoms with Gasteiger partial charge in [0.2, 0.25) is 10.0 Å². The molecule has 102 valence electrons. The first-order valence-electron chi connectivity index (χ1n) is 5.42. The third kappa shape index (κ3) is 3.06. The predicted octanol–water partition coefficient (Wildman–Crippen LogP) is 1.13. The molecule has 0 fully saturated rings. The Labute approximate surface area is 116 Å². The smallest absolute Gasteiger partial charge is 0.246 e. The van der Waals surface area contributed by atoms with Gasteiger partial charge in [0.05, 0.1) is 0 Å². The largest absolute Gasteiger partial charge is 0.381 e. The lowest BCUT2D eigenvalue weighted by atomic mass is 10.2. The van der Waals surface area contributed by atoms with E-state index in [0.717, 1.165) is 0 Å². The highest BCUT2D eigenvalue weighted by molar-refractivity contribution is 7.89. The van der Waals surface area contributed by atoms with E-state index in [4.69, 9.17) is 17.3 Å². The van der Waals surface area contributed by atoms with E-state index in [9.17, 15) is 8.42 Å². The summed E-state index contributed by atoms with van der Waals surface area (Å²) in [7, 11) is -2.10. The Kier molecular flexibility index (Phi) is 3.79. The molecule has 1 aromatic carbocycles. The highest BCUT2D eigenvalue weighted by Crippen LogP contribution is 2.18. The molecule has 0 unspecified atom stereocenters. The molecule has 6 nitrogen and oxygen atoms in total. The summed E-state index contributed by atoms with van der Waals surface area (Å²) in [6.07, 6.45) is 1.35. The van der Waals surface area contributed by atoms with Crippen LogP contribution in [0.3, 0.4) is 0 Å². The summed E-state index contributed by atoms with van der Waals surface area (Å²) in [5.74, 6) is -0.0332. The van der Waals surface area contributed by atoms with Crippen molar-refractivity contribution >= 4 is 27.4 Å². The fraction of sp³-hybridized carbons (Fsp3) is 0.182. The molecule has 2 rings (SSSR count). The molecule has 8 heteroatoms. The van der Waals surface area contributed by atoms with Gasteiger partial charge in [0.15, 0.2) is 5.82 Å². The van der Waals surface area contributed by atoms with Gasteiger partial charge in [-0.3, -0.25) is 4.68 Å². The molecule has 3 N–H and O–H groups in total. The van der Waals surface area contributed by atoms with Gasteiger partial charge in [-0.05, 0) is 11.6 Å². The van der Waals surface area contributed by atoms with Crippen molar-refractivity contribution < 1.29 is 8.42 Å². The minimum absolute atomic E-state index is 0.0332. The van der Waals surface area contributed by atoms with Gasteiger partial charge < -0.3 is 5.73 Å². The number of nitrogens with zero attached hydrogens (tertiary/aromatic N) is 2. The first kappa shape index (κ1) is 13.9. The van der Waals surface area contributed by atoms with Gasteiger partial charge in [-0.1, -0.05) is 29.8 Å². The minimum Gasteiger partial charge on any atom is -0.381 e. The maximum Gasteiger partial charge on any atom is 0.246 e. The molecular formula is C11H13ClN4O2S. The predicted molar refractivity (Wildman–Crippen MR) is 73.1 cm³/mol. The molecule has 1 heterocycles. The van der Waals surface area contributed by atoms with Crippen LogP contribution in [0.25, 0.3) is 0 Å². The molecule has 0 spiro atoms. The van der Waals surface area contributed by atoms with Gasteiger partial charge in [-0.2, -0.15) is 5.10 Å². The van der Waals surface area contributed by atoms with Gasteiger partial charge in [0, 0.05) is 24.8 Å². The second kappa shape index (κ2) is 5.20. The number of nitrogens with one attached hydrogen (secondary N) is 1. The normalized spacial score (nSPS) is 11.7. The number of hydrogen-bond acceptors (Lipinski definition) is 4. The van der Waals surface area contributed by atoms with E-state index in [0.29, 0.717) is 10.6 Å². The summed E-state index contributed by atoms with van der Waals surface area (Å²) in [4.78, 5) is -0.0398. The van der Waals surface area contributed by atoms with Crippen LogP contribution in [0, 0.1) is 0 Å². The zero-order valence-corrected chi connectivity index (χ0v) is 11.7. The molecule has 0 bridgehead atoms. The quantitative estimate of drug-likeness (QED) is 0.886. The molecule has 0 aliphatic rings. The number of benzene rings is 1. The van der Waals surface area contributed by atoms with Crippen molar-refractivity contribution in [1.29, 1.82) is 0 Å². The molecule has 0 aliphatic carbocycles. The van der Waals surface area contributed by atoms with Crippen molar-refractivity contribution in [3.8, 4) is 0 Å². The number of sulfonamides is 1. The molecule has 0 amide bonds. The number of aryl methyl sites for hydroxylation is 1. The molecule has 2 aromatic rings. The number of nitrogens with two attached hydrogens (primary N) is 1. The van der Waals surface area contributed by atoms with Crippen LogP contribution in [0.1, 0.15) is 5.56 Å². The standard InChI is InChI=1S/C11H13ClN4O2S/c1-16-7-10(11(13)15-16)19(17,18)14-6-8-4-2-3-5-9(8)12/h2-5,7,14H,6H2,1H3,(H2,13,15). The van der Waals surface area contributed by atoms with Gasteiger partial charge >= 0.3 is 0 Å². The summed E-state index contributed by atoms with van der Waals surface area (Å²) < 4.78 is 27.9. The van der Waals surface area contributed by atoms with E-state index in [1.54, 1.807) is 31.3 Å². The molecule has 0 saturated heterocycles. The van der Waals surface area contributed by atoms with Crippen LogP contribution < -0.4 is 10.5 Å². The summed E-state index contributed by atoms with van der Waals surface area (Å²) in [6, 6.07) is 7.01. The Bertz CT molecular complexity index is 696. The lowest BCUT2D eigenvalue weighted by molar-refractivity contribution is 0.581. The van der Waals surface area contributed by atoms with Gasteiger partial charge in [-0.25, -0.2) is 13.1 Å². The second-order valence-corrected chi connectivity index (χ2v) is 6.11. The Morgan fingerprint density at radius 2 is 2.11 bits per heavy atom. The zero-order valence-electron chi connectivity index (χ0n) is 10.2. The lowest BCUT2D eigenvalue weighted by Gasteiger charge is -2.06. The maximum absolute atomic E-state index is 12.1. The van der Waals surface area contributed by atoms with E-state index in [-0.39, 0.29) is 17.3 Å². The number of nitrogen functional groups attached to an aromatic ring is 1. The van der Waals surface area contributed by atoms with E-state index in [1.165, 1.54) is 10.9 Å². The number of aromatic nitrogens is 2. The molecule has 0 aliphatic heterocycles. The average Bonchev–Trinajstić information content (AvgIpc) is 2.68. The van der Waals surface area contributed by atoms with Crippen molar-refractivity contribution in [2.45, 2.75) is 11.4 Å². The number of hydrogen-bond donors (Lipinski definition) is 2. The van der Waals surface area contributed by atoms with E-state index < -0.39 is 10.0 Å². The Hall–Kier alpha value is -1.57. The second-order valence-electron chi connectivity index (χ2n) is 3.97. The topological polar surface area (TPSA) is 90.0 Å². The van der Waals surface area contributed by atoms with Gasteiger partial charge in [-0.15, -0.1) is 0 Å². The van der Waals surface area contributed by atoms with Crippen molar-refractivity contribution in [3.05, 3.63) is 41.0 Å². The molecular weight excluding hydrogens is 288 g/mol. The number of rotatable bonds is 4. The van der Waals surface area contributed by atoms with Gasteiger partial charge in [0.25, 0.3) is 0 Å². The highest BCUT2D eigenvalue weighted by atomic mass is 35.5. The molecule has 0 atom stereocenters. The summed E-state index contributed by atoms with van der Waals surface area (Å²) in [5, 5.41) is 4.30. The summed E-state index contributed by atoms with van der Waals surface area (Å²) in [5.41, 5.74) is 6.24. The number of halogens is 1. The van der Waals surface area contributed by atoms with Crippen molar-refractivity contribution in [2.75, 3.05) is 5.73 Å². The fourth-order valence-corrected chi connectivity index (χ4v) is 2.89. The minimum atomic E-state index is -3.70. The van der Waals surface area contributed by atoms with Gasteiger partial charge in [0.1, 0.15) is 4.90 Å². The Morgan fingerprint density at radius 1 is 1.42 bits per heavy atom. The van der Waals surface area contributed by atoms with E-state index in [2.05, 4.69) is 9.82 Å². The lowest BCUT2D eigenvalue weighted by Crippen LogP contribution is -2.23. The summed E-state index contributed by atoms with van der Waals surface area (Å²) >= 11 is 5.96. The van der Waals surface area contributed by atoms with Crippen LogP contribution >= 0.6 is 11.6 Å². The molecule has 0 saturated carbocycles. The Morgan fingerprint density at radius 3 is 2.68 bits per heavy atom. The first-order chi connectivity index (χ1) is 8.90. The Balaban J connectivity index is 2.19. The molecule has 19 heavy (non-hydrogen) atoms. The van der Waals surface area contributed by atoms with E-state index >= 15 is 0 Å². The van der Waals surface area contributed by atoms with Crippen LogP contribution in [0.4, 0.5) is 5.82 Å². The van der Waals surface area contributed by atoms with Crippen LogP contribution in [0.15, 0.2) is 35.4 Å². The fourth-order valence-electron chi connectivity index (χ4n) is 1.58. The number of anilines is 1. The monoisotopic (exact) mass is 300 g/mol. The highest BCUT2D eigenvalue weighted by Gasteiger charge is 2.20. The van der Waals surface area contributed by atoms with Crippen LogP contribution in [-0.4, -0.2) is 18.2 Å². The van der Waals surface area contributed by atoms with E-state index in [1.807, 2.05) is 0 Å². The first-order valence-corrected chi connectivity index (χ1v) is 7.28. The van der Waals surface area contributed by atoms with Crippen LogP contribution in [0.5, 0.6) is 0 Å². The summed E-state index contributed by atoms with van der Waals surface area (Å²) in [6.45, 7) is 0.0936. The van der Waals surface area contributed by atoms with Crippen molar-refractivity contribution in [3.63, 3.8) is 0 Å². The van der Waals surface area contributed by atoms with Crippen molar-refractivity contribution in [2.24, 2.45) is 7.05 Å². The molecule has 0 radical (unpaired) electrons. The zero-order chi connectivity index (χ0) is 14.0. The molecule has 1 aromatic heterocycles. The third-order valence-electron chi connectivity index (χ3n) is 2.52. The SMILES string of the molecule is Cn1cc(S(=O)(=O)NCc2ccccc2Cl)c(N)n1. The van der Waals surface area contributed by atoms with Crippen LogP contribution in [0.2, 0.25) is 5.02 Å². The average molecular weight is 301 g/mol. The van der Waals surface area contributed by atoms with Crippen LogP contribution in [-0.2, 0) is 23.6 Å². The van der Waals surface area contributed by atoms with Crippen molar-refractivity contribution in [1.82, 2.24) is 14.5 Å². The maximum atomic E-state index is 12.1.